The van der Waals surface area contributed by atoms with Crippen molar-refractivity contribution in [3.05, 3.63) is 53.3 Å². The molecule has 2 rings (SSSR count). The molecule has 0 saturated heterocycles. The minimum absolute atomic E-state index is 0.0939. The van der Waals surface area contributed by atoms with E-state index in [1.54, 1.807) is 0 Å². The molecule has 108 valence electrons. The second-order valence-electron chi connectivity index (χ2n) is 5.40. The van der Waals surface area contributed by atoms with Gasteiger partial charge in [-0.05, 0) is 37.5 Å². The summed E-state index contributed by atoms with van der Waals surface area (Å²) >= 11 is 0. The van der Waals surface area contributed by atoms with E-state index in [-0.39, 0.29) is 6.04 Å². The number of rotatable bonds is 6. The number of nitrogens with zero attached hydrogens (tertiary/aromatic N) is 2. The van der Waals surface area contributed by atoms with Crippen molar-refractivity contribution in [1.82, 2.24) is 15.2 Å². The lowest BCUT2D eigenvalue weighted by Gasteiger charge is -2.15. The van der Waals surface area contributed by atoms with E-state index in [1.807, 2.05) is 10.9 Å². The number of hydrazine groups is 1. The van der Waals surface area contributed by atoms with Gasteiger partial charge in [-0.25, -0.2) is 0 Å². The Morgan fingerprint density at radius 3 is 2.40 bits per heavy atom. The highest BCUT2D eigenvalue weighted by Gasteiger charge is 2.12. The number of hydrogen-bond donors (Lipinski definition) is 2. The zero-order valence-corrected chi connectivity index (χ0v) is 12.5. The van der Waals surface area contributed by atoms with Gasteiger partial charge in [0.25, 0.3) is 0 Å². The van der Waals surface area contributed by atoms with Gasteiger partial charge in [-0.15, -0.1) is 0 Å². The van der Waals surface area contributed by atoms with Crippen molar-refractivity contribution >= 4 is 0 Å². The van der Waals surface area contributed by atoms with Crippen LogP contribution in [-0.2, 0) is 12.8 Å². The Morgan fingerprint density at radius 1 is 1.20 bits per heavy atom. The summed E-state index contributed by atoms with van der Waals surface area (Å²) in [5.41, 5.74) is 6.49. The molecule has 0 fully saturated rings. The van der Waals surface area contributed by atoms with Crippen LogP contribution in [0.2, 0.25) is 0 Å². The van der Waals surface area contributed by atoms with Crippen LogP contribution in [0.3, 0.4) is 0 Å². The molecule has 20 heavy (non-hydrogen) atoms. The molecule has 1 atom stereocenters. The number of benzene rings is 1. The van der Waals surface area contributed by atoms with Crippen molar-refractivity contribution in [2.24, 2.45) is 5.84 Å². The van der Waals surface area contributed by atoms with E-state index >= 15 is 0 Å². The van der Waals surface area contributed by atoms with Gasteiger partial charge in [-0.2, -0.15) is 5.10 Å². The molecule has 1 unspecified atom stereocenters. The first-order valence-electron chi connectivity index (χ1n) is 7.23. The largest absolute Gasteiger partial charge is 0.271 e. The fourth-order valence-corrected chi connectivity index (χ4v) is 2.24. The molecule has 4 heteroatoms. The molecule has 0 aliphatic heterocycles. The Labute approximate surface area is 121 Å². The maximum absolute atomic E-state index is 5.71. The highest BCUT2D eigenvalue weighted by molar-refractivity contribution is 5.26. The Morgan fingerprint density at radius 2 is 1.90 bits per heavy atom. The van der Waals surface area contributed by atoms with Crippen molar-refractivity contribution in [2.75, 3.05) is 0 Å². The molecule has 1 aromatic carbocycles. The van der Waals surface area contributed by atoms with Gasteiger partial charge in [0.2, 0.25) is 0 Å². The van der Waals surface area contributed by atoms with Crippen LogP contribution in [0.4, 0.5) is 0 Å². The first-order chi connectivity index (χ1) is 9.63. The first-order valence-corrected chi connectivity index (χ1v) is 7.23. The maximum Gasteiger partial charge on any atom is 0.0644 e. The summed E-state index contributed by atoms with van der Waals surface area (Å²) in [6.07, 6.45) is 3.87. The molecular formula is C16H24N4. The third-order valence-corrected chi connectivity index (χ3v) is 3.60. The molecular weight excluding hydrogens is 248 g/mol. The highest BCUT2D eigenvalue weighted by Crippen LogP contribution is 2.18. The van der Waals surface area contributed by atoms with Crippen molar-refractivity contribution in [3.8, 4) is 0 Å². The van der Waals surface area contributed by atoms with Crippen molar-refractivity contribution in [3.63, 3.8) is 0 Å². The minimum Gasteiger partial charge on any atom is -0.271 e. The lowest BCUT2D eigenvalue weighted by molar-refractivity contribution is 0.507. The topological polar surface area (TPSA) is 55.9 Å². The number of nitrogens with two attached hydrogens (primary N) is 1. The molecule has 0 amide bonds. The average molecular weight is 272 g/mol. The lowest BCUT2D eigenvalue weighted by atomic mass is 10.0. The van der Waals surface area contributed by atoms with Gasteiger partial charge in [0, 0.05) is 18.7 Å². The number of aryl methyl sites for hydroxylation is 1. The summed E-state index contributed by atoms with van der Waals surface area (Å²) in [6, 6.07) is 11.1. The van der Waals surface area contributed by atoms with Crippen molar-refractivity contribution < 1.29 is 0 Å². The summed E-state index contributed by atoms with van der Waals surface area (Å²) in [6.45, 7) is 6.41. The van der Waals surface area contributed by atoms with E-state index in [2.05, 4.69) is 61.6 Å². The van der Waals surface area contributed by atoms with Crippen LogP contribution in [0.15, 0.2) is 36.5 Å². The Hall–Kier alpha value is -1.65. The van der Waals surface area contributed by atoms with Gasteiger partial charge in [-0.1, -0.05) is 31.2 Å². The van der Waals surface area contributed by atoms with E-state index in [9.17, 15) is 0 Å². The van der Waals surface area contributed by atoms with Crippen LogP contribution < -0.4 is 11.3 Å². The maximum atomic E-state index is 5.71. The fraction of sp³-hybridized carbons (Fsp3) is 0.438. The minimum atomic E-state index is 0.0939. The average Bonchev–Trinajstić information content (AvgIpc) is 2.94. The SMILES string of the molecule is CCc1ccc(C(Cc2ccn(C(C)C)n2)NN)cc1. The predicted octanol–water partition coefficient (Wildman–Crippen LogP) is 2.77. The summed E-state index contributed by atoms with van der Waals surface area (Å²) < 4.78 is 1.98. The van der Waals surface area contributed by atoms with Gasteiger partial charge in [0.1, 0.15) is 0 Å². The Balaban J connectivity index is 2.10. The van der Waals surface area contributed by atoms with E-state index in [0.717, 1.165) is 18.5 Å². The molecule has 2 aromatic rings. The molecule has 1 aromatic heterocycles. The second kappa shape index (κ2) is 6.68. The normalized spacial score (nSPS) is 12.8. The smallest absolute Gasteiger partial charge is 0.0644 e. The van der Waals surface area contributed by atoms with Crippen LogP contribution in [0, 0.1) is 0 Å². The number of hydrogen-bond acceptors (Lipinski definition) is 3. The summed E-state index contributed by atoms with van der Waals surface area (Å²) in [5.74, 6) is 5.71. The standard InChI is InChI=1S/C16H24N4/c1-4-13-5-7-14(8-6-13)16(18-17)11-15-9-10-20(19-15)12(2)3/h5-10,12,16,18H,4,11,17H2,1-3H3. The summed E-state index contributed by atoms with van der Waals surface area (Å²) in [7, 11) is 0. The molecule has 1 heterocycles. The Kier molecular flexibility index (Phi) is 4.93. The van der Waals surface area contributed by atoms with Crippen molar-refractivity contribution in [1.29, 1.82) is 0 Å². The molecule has 0 radical (unpaired) electrons. The molecule has 0 bridgehead atoms. The monoisotopic (exact) mass is 272 g/mol. The fourth-order valence-electron chi connectivity index (χ4n) is 2.24. The number of nitrogens with one attached hydrogen (secondary N) is 1. The second-order valence-corrected chi connectivity index (χ2v) is 5.40. The molecule has 0 saturated carbocycles. The summed E-state index contributed by atoms with van der Waals surface area (Å²) in [4.78, 5) is 0. The third kappa shape index (κ3) is 3.46. The van der Waals surface area contributed by atoms with Gasteiger partial charge in [-0.3, -0.25) is 16.0 Å². The van der Waals surface area contributed by atoms with Crippen LogP contribution in [0.1, 0.15) is 49.7 Å². The quantitative estimate of drug-likeness (QED) is 0.628. The van der Waals surface area contributed by atoms with Gasteiger partial charge in [0.15, 0.2) is 0 Å². The van der Waals surface area contributed by atoms with Gasteiger partial charge < -0.3 is 0 Å². The lowest BCUT2D eigenvalue weighted by Crippen LogP contribution is -2.29. The van der Waals surface area contributed by atoms with E-state index in [1.165, 1.54) is 11.1 Å². The van der Waals surface area contributed by atoms with Crippen LogP contribution in [0.25, 0.3) is 0 Å². The zero-order valence-electron chi connectivity index (χ0n) is 12.5. The predicted molar refractivity (Wildman–Crippen MR) is 82.2 cm³/mol. The number of aromatic nitrogens is 2. The molecule has 3 N–H and O–H groups in total. The van der Waals surface area contributed by atoms with E-state index in [0.29, 0.717) is 6.04 Å². The third-order valence-electron chi connectivity index (χ3n) is 3.60. The molecule has 4 nitrogen and oxygen atoms in total. The zero-order chi connectivity index (χ0) is 14.5. The van der Waals surface area contributed by atoms with Crippen LogP contribution in [0.5, 0.6) is 0 Å². The van der Waals surface area contributed by atoms with E-state index < -0.39 is 0 Å². The first kappa shape index (κ1) is 14.8. The molecule has 0 spiro atoms. The molecule has 0 aliphatic carbocycles. The molecule has 0 aliphatic rings. The summed E-state index contributed by atoms with van der Waals surface area (Å²) in [5, 5.41) is 4.58. The van der Waals surface area contributed by atoms with Crippen molar-refractivity contribution in [2.45, 2.75) is 45.7 Å². The van der Waals surface area contributed by atoms with Gasteiger partial charge >= 0.3 is 0 Å². The van der Waals surface area contributed by atoms with Crippen LogP contribution >= 0.6 is 0 Å². The van der Waals surface area contributed by atoms with Crippen LogP contribution in [-0.4, -0.2) is 9.78 Å². The Bertz CT molecular complexity index is 528. The highest BCUT2D eigenvalue weighted by atomic mass is 15.3. The van der Waals surface area contributed by atoms with E-state index in [4.69, 9.17) is 5.84 Å². The van der Waals surface area contributed by atoms with Gasteiger partial charge in [0.05, 0.1) is 11.7 Å².